The van der Waals surface area contributed by atoms with Crippen molar-refractivity contribution >= 4 is 10.8 Å². The molecule has 0 fully saturated rings. The molecule has 1 heterocycles. The zero-order valence-electron chi connectivity index (χ0n) is 15.1. The highest BCUT2D eigenvalue weighted by atomic mass is 16.5. The number of aromatic nitrogens is 1. The van der Waals surface area contributed by atoms with Crippen LogP contribution in [0, 0.1) is 0 Å². The second-order valence-corrected chi connectivity index (χ2v) is 6.46. The van der Waals surface area contributed by atoms with Gasteiger partial charge in [-0.15, -0.1) is 0 Å². The van der Waals surface area contributed by atoms with Crippen molar-refractivity contribution in [3.63, 3.8) is 0 Å². The molecule has 0 aliphatic rings. The highest BCUT2D eigenvalue weighted by molar-refractivity contribution is 5.87. The molecule has 134 valence electrons. The van der Waals surface area contributed by atoms with Crippen molar-refractivity contribution in [2.45, 2.75) is 19.7 Å². The molecule has 1 aromatic heterocycles. The Kier molecular flexibility index (Phi) is 5.42. The zero-order valence-corrected chi connectivity index (χ0v) is 15.1. The zero-order chi connectivity index (χ0) is 18.3. The van der Waals surface area contributed by atoms with Gasteiger partial charge in [-0.3, -0.25) is 4.98 Å². The number of hydrogen-bond acceptors (Lipinski definition) is 3. The Balaban J connectivity index is 1.55. The van der Waals surface area contributed by atoms with E-state index in [-0.39, 0.29) is 0 Å². The minimum atomic E-state index is 0.562. The van der Waals surface area contributed by atoms with Crippen LogP contribution < -0.4 is 10.1 Å². The molecule has 1 N–H and O–H groups in total. The van der Waals surface area contributed by atoms with Crippen LogP contribution in [-0.2, 0) is 19.7 Å². The molecule has 0 bridgehead atoms. The summed E-state index contributed by atoms with van der Waals surface area (Å²) in [5.41, 5.74) is 3.38. The molecule has 0 unspecified atom stereocenters. The van der Waals surface area contributed by atoms with Gasteiger partial charge in [0.1, 0.15) is 12.4 Å². The van der Waals surface area contributed by atoms with Crippen LogP contribution in [0.3, 0.4) is 0 Å². The van der Waals surface area contributed by atoms with Gasteiger partial charge in [-0.2, -0.15) is 0 Å². The van der Waals surface area contributed by atoms with Gasteiger partial charge in [0.25, 0.3) is 0 Å². The lowest BCUT2D eigenvalue weighted by atomic mass is 10.0. The van der Waals surface area contributed by atoms with Crippen LogP contribution in [0.1, 0.15) is 16.8 Å². The van der Waals surface area contributed by atoms with E-state index >= 15 is 0 Å². The highest BCUT2D eigenvalue weighted by Crippen LogP contribution is 2.28. The standard InChI is InChI=1S/C24H22N2O/c1-2-8-19(9-3-1)18-27-24-14-13-20-10-4-5-12-22(20)23(24)17-25-16-21-11-6-7-15-26-21/h1-15,25H,16-18H2. The number of pyridine rings is 1. The molecule has 3 nitrogen and oxygen atoms in total. The number of benzene rings is 3. The Morgan fingerprint density at radius 1 is 0.741 bits per heavy atom. The van der Waals surface area contributed by atoms with E-state index in [2.05, 4.69) is 58.8 Å². The van der Waals surface area contributed by atoms with Gasteiger partial charge in [-0.25, -0.2) is 0 Å². The molecule has 3 heteroatoms. The number of nitrogens with zero attached hydrogens (tertiary/aromatic N) is 1. The Hall–Kier alpha value is -3.17. The quantitative estimate of drug-likeness (QED) is 0.501. The maximum Gasteiger partial charge on any atom is 0.124 e. The molecule has 0 aliphatic heterocycles. The first-order valence-corrected chi connectivity index (χ1v) is 9.18. The maximum absolute atomic E-state index is 6.18. The van der Waals surface area contributed by atoms with Gasteiger partial charge in [0.2, 0.25) is 0 Å². The fraction of sp³-hybridized carbons (Fsp3) is 0.125. The smallest absolute Gasteiger partial charge is 0.124 e. The average molecular weight is 354 g/mol. The fourth-order valence-corrected chi connectivity index (χ4v) is 3.19. The van der Waals surface area contributed by atoms with Crippen LogP contribution in [0.4, 0.5) is 0 Å². The second kappa shape index (κ2) is 8.47. The third kappa shape index (κ3) is 4.33. The van der Waals surface area contributed by atoms with E-state index in [4.69, 9.17) is 4.74 Å². The summed E-state index contributed by atoms with van der Waals surface area (Å²) in [6.07, 6.45) is 1.82. The Bertz CT molecular complexity index is 1000. The summed E-state index contributed by atoms with van der Waals surface area (Å²) in [4.78, 5) is 4.38. The Labute approximate surface area is 159 Å². The van der Waals surface area contributed by atoms with Crippen molar-refractivity contribution in [1.29, 1.82) is 0 Å². The largest absolute Gasteiger partial charge is 0.489 e. The van der Waals surface area contributed by atoms with Gasteiger partial charge < -0.3 is 10.1 Å². The molecule has 4 rings (SSSR count). The highest BCUT2D eigenvalue weighted by Gasteiger charge is 2.09. The first-order chi connectivity index (χ1) is 13.4. The van der Waals surface area contributed by atoms with Crippen molar-refractivity contribution in [1.82, 2.24) is 10.3 Å². The van der Waals surface area contributed by atoms with Crippen LogP contribution in [0.25, 0.3) is 10.8 Å². The first kappa shape index (κ1) is 17.3. The molecular weight excluding hydrogens is 332 g/mol. The molecule has 0 radical (unpaired) electrons. The van der Waals surface area contributed by atoms with Gasteiger partial charge in [0.05, 0.1) is 5.69 Å². The number of rotatable bonds is 7. The van der Waals surface area contributed by atoms with Crippen LogP contribution in [-0.4, -0.2) is 4.98 Å². The lowest BCUT2D eigenvalue weighted by Gasteiger charge is -2.15. The summed E-state index contributed by atoms with van der Waals surface area (Å²) in [5, 5.41) is 5.95. The van der Waals surface area contributed by atoms with Crippen molar-refractivity contribution in [2.75, 3.05) is 0 Å². The minimum absolute atomic E-state index is 0.562. The molecule has 0 saturated heterocycles. The molecule has 3 aromatic carbocycles. The third-order valence-electron chi connectivity index (χ3n) is 4.57. The van der Waals surface area contributed by atoms with E-state index in [0.717, 1.165) is 30.1 Å². The summed E-state index contributed by atoms with van der Waals surface area (Å²) in [6, 6.07) is 28.9. The summed E-state index contributed by atoms with van der Waals surface area (Å²) >= 11 is 0. The third-order valence-corrected chi connectivity index (χ3v) is 4.57. The average Bonchev–Trinajstić information content (AvgIpc) is 2.74. The molecule has 4 aromatic rings. The van der Waals surface area contributed by atoms with Crippen LogP contribution in [0.15, 0.2) is 91.1 Å². The lowest BCUT2D eigenvalue weighted by molar-refractivity contribution is 0.302. The van der Waals surface area contributed by atoms with Crippen molar-refractivity contribution in [3.05, 3.63) is 108 Å². The number of fused-ring (bicyclic) bond motifs is 1. The minimum Gasteiger partial charge on any atom is -0.489 e. The predicted molar refractivity (Wildman–Crippen MR) is 110 cm³/mol. The molecular formula is C24H22N2O. The van der Waals surface area contributed by atoms with Gasteiger partial charge in [0.15, 0.2) is 0 Å². The van der Waals surface area contributed by atoms with Gasteiger partial charge in [-0.05, 0) is 34.5 Å². The fourth-order valence-electron chi connectivity index (χ4n) is 3.19. The summed E-state index contributed by atoms with van der Waals surface area (Å²) in [5.74, 6) is 0.922. The normalized spacial score (nSPS) is 10.8. The van der Waals surface area contributed by atoms with E-state index in [1.165, 1.54) is 16.3 Å². The molecule has 0 spiro atoms. The van der Waals surface area contributed by atoms with E-state index in [1.807, 2.05) is 42.6 Å². The van der Waals surface area contributed by atoms with E-state index in [0.29, 0.717) is 6.61 Å². The summed E-state index contributed by atoms with van der Waals surface area (Å²) in [6.45, 7) is 2.01. The Morgan fingerprint density at radius 2 is 1.56 bits per heavy atom. The van der Waals surface area contributed by atoms with E-state index in [1.54, 1.807) is 0 Å². The maximum atomic E-state index is 6.18. The Morgan fingerprint density at radius 3 is 2.41 bits per heavy atom. The first-order valence-electron chi connectivity index (χ1n) is 9.18. The van der Waals surface area contributed by atoms with Gasteiger partial charge >= 0.3 is 0 Å². The van der Waals surface area contributed by atoms with Crippen LogP contribution >= 0.6 is 0 Å². The second-order valence-electron chi connectivity index (χ2n) is 6.46. The molecule has 0 atom stereocenters. The van der Waals surface area contributed by atoms with Gasteiger partial charge in [-0.1, -0.05) is 66.7 Å². The molecule has 0 saturated carbocycles. The van der Waals surface area contributed by atoms with Crippen LogP contribution in [0.5, 0.6) is 5.75 Å². The molecule has 27 heavy (non-hydrogen) atoms. The number of nitrogens with one attached hydrogen (secondary N) is 1. The van der Waals surface area contributed by atoms with E-state index in [9.17, 15) is 0 Å². The lowest BCUT2D eigenvalue weighted by Crippen LogP contribution is -2.15. The predicted octanol–water partition coefficient (Wildman–Crippen LogP) is 5.10. The summed E-state index contributed by atoms with van der Waals surface area (Å²) in [7, 11) is 0. The molecule has 0 amide bonds. The number of ether oxygens (including phenoxy) is 1. The van der Waals surface area contributed by atoms with Crippen LogP contribution in [0.2, 0.25) is 0 Å². The van der Waals surface area contributed by atoms with Gasteiger partial charge in [0, 0.05) is 24.8 Å². The summed E-state index contributed by atoms with van der Waals surface area (Å²) < 4.78 is 6.18. The molecule has 0 aliphatic carbocycles. The van der Waals surface area contributed by atoms with Crippen molar-refractivity contribution in [3.8, 4) is 5.75 Å². The van der Waals surface area contributed by atoms with Crippen molar-refractivity contribution < 1.29 is 4.74 Å². The SMILES string of the molecule is c1ccc(COc2ccc3ccccc3c2CNCc2ccccn2)cc1. The number of hydrogen-bond donors (Lipinski definition) is 1. The monoisotopic (exact) mass is 354 g/mol. The van der Waals surface area contributed by atoms with Crippen molar-refractivity contribution in [2.24, 2.45) is 0 Å². The topological polar surface area (TPSA) is 34.1 Å². The van der Waals surface area contributed by atoms with E-state index < -0.39 is 0 Å².